The first-order valence-corrected chi connectivity index (χ1v) is 10.6. The first-order chi connectivity index (χ1) is 15.8. The van der Waals surface area contributed by atoms with Gasteiger partial charge in [-0.15, -0.1) is 0 Å². The zero-order chi connectivity index (χ0) is 25.0. The van der Waals surface area contributed by atoms with Crippen LogP contribution in [0.3, 0.4) is 0 Å². The molecule has 3 saturated heterocycles. The van der Waals surface area contributed by atoms with Crippen LogP contribution in [0, 0.1) is 11.3 Å². The second-order valence-corrected chi connectivity index (χ2v) is 8.76. The first-order valence-electron chi connectivity index (χ1n) is 10.6. The summed E-state index contributed by atoms with van der Waals surface area (Å²) in [6, 6.07) is 0.124. The number of likely N-dealkylation sites (tertiary alicyclic amines) is 2. The lowest BCUT2D eigenvalue weighted by molar-refractivity contribution is -0.143. The molecule has 3 heterocycles. The van der Waals surface area contributed by atoms with Crippen LogP contribution in [0.2, 0.25) is 0 Å². The summed E-state index contributed by atoms with van der Waals surface area (Å²) >= 11 is 0. The topological polar surface area (TPSA) is 93.7 Å². The minimum Gasteiger partial charge on any atom is -0.325 e. The van der Waals surface area contributed by atoms with Gasteiger partial charge in [0.05, 0.1) is 35.3 Å². The number of carbonyl (C=O) groups excluding carboxylic acids is 2. The molecule has 13 heteroatoms. The molecule has 3 aliphatic rings. The van der Waals surface area contributed by atoms with Gasteiger partial charge in [-0.25, -0.2) is 0 Å². The Labute approximate surface area is 190 Å². The molecule has 2 N–H and O–H groups in total. The van der Waals surface area contributed by atoms with Crippen molar-refractivity contribution in [2.75, 3.05) is 24.5 Å². The van der Waals surface area contributed by atoms with Crippen molar-refractivity contribution >= 4 is 17.5 Å². The van der Waals surface area contributed by atoms with Gasteiger partial charge in [0.1, 0.15) is 6.04 Å². The molecule has 4 atom stereocenters. The quantitative estimate of drug-likeness (QED) is 0.656. The molecule has 3 unspecified atom stereocenters. The van der Waals surface area contributed by atoms with Crippen LogP contribution in [0.1, 0.15) is 30.4 Å². The summed E-state index contributed by atoms with van der Waals surface area (Å²) in [6.45, 7) is 0.544. The number of carbonyl (C=O) groups is 2. The molecule has 3 aliphatic heterocycles. The van der Waals surface area contributed by atoms with Crippen LogP contribution in [0.5, 0.6) is 0 Å². The maximum atomic E-state index is 13.2. The normalized spacial score (nSPS) is 26.3. The van der Waals surface area contributed by atoms with Gasteiger partial charge in [-0.05, 0) is 37.5 Å². The number of hydrogen-bond donors (Lipinski definition) is 1. The minimum atomic E-state index is -5.02. The van der Waals surface area contributed by atoms with E-state index in [0.29, 0.717) is 31.5 Å². The lowest BCUT2D eigenvalue weighted by atomic mass is 10.1. The van der Waals surface area contributed by atoms with E-state index in [-0.39, 0.29) is 25.6 Å². The van der Waals surface area contributed by atoms with Crippen LogP contribution >= 0.6 is 0 Å². The fourth-order valence-electron chi connectivity index (χ4n) is 4.99. The highest BCUT2D eigenvalue weighted by molar-refractivity contribution is 6.01. The van der Waals surface area contributed by atoms with E-state index in [2.05, 4.69) is 0 Å². The summed E-state index contributed by atoms with van der Waals surface area (Å²) < 4.78 is 79.3. The van der Waals surface area contributed by atoms with E-state index < -0.39 is 65.1 Å². The fourth-order valence-corrected chi connectivity index (χ4v) is 4.99. The van der Waals surface area contributed by atoms with Crippen molar-refractivity contribution < 1.29 is 35.9 Å². The standard InChI is InChI=1S/C21H21F6N5O2/c22-20(23,24)11-4-12(21(25,26)27)6-14(5-11)32-15-7-17(19(32)34)30(9-15)10-16(29)18(33)31-3-1-2-13(31)8-28/h4-6,13,15-17H,1-3,7,9-10,29H2/t13?,15?,16?,17-/m0/s1. The highest BCUT2D eigenvalue weighted by Crippen LogP contribution is 2.42. The van der Waals surface area contributed by atoms with Crippen LogP contribution in [0.4, 0.5) is 32.0 Å². The van der Waals surface area contributed by atoms with Gasteiger partial charge in [0.2, 0.25) is 11.8 Å². The molecule has 34 heavy (non-hydrogen) atoms. The smallest absolute Gasteiger partial charge is 0.325 e. The van der Waals surface area contributed by atoms with Crippen LogP contribution < -0.4 is 10.6 Å². The van der Waals surface area contributed by atoms with E-state index >= 15 is 0 Å². The SMILES string of the molecule is N#CC1CCCN1C(=O)C(N)CN1CC2C[C@H]1C(=O)N2c1cc(C(F)(F)F)cc(C(F)(F)F)c1. The molecule has 4 rings (SSSR count). The second kappa shape index (κ2) is 8.42. The number of alkyl halides is 6. The Kier molecular flexibility index (Phi) is 6.02. The Balaban J connectivity index is 1.51. The zero-order valence-electron chi connectivity index (χ0n) is 17.7. The Morgan fingerprint density at radius 3 is 2.29 bits per heavy atom. The number of piperazine rings is 1. The number of hydrogen-bond acceptors (Lipinski definition) is 5. The maximum absolute atomic E-state index is 13.2. The van der Waals surface area contributed by atoms with Crippen molar-refractivity contribution in [1.82, 2.24) is 9.80 Å². The van der Waals surface area contributed by atoms with Gasteiger partial charge in [-0.2, -0.15) is 31.6 Å². The molecular formula is C21H21F6N5O2. The summed E-state index contributed by atoms with van der Waals surface area (Å²) in [6.07, 6.45) is -8.62. The number of benzene rings is 1. The number of anilines is 1. The number of amides is 2. The van der Waals surface area contributed by atoms with Crippen molar-refractivity contribution in [2.24, 2.45) is 5.73 Å². The van der Waals surface area contributed by atoms with E-state index in [1.54, 1.807) is 4.90 Å². The van der Waals surface area contributed by atoms with Crippen molar-refractivity contribution in [3.63, 3.8) is 0 Å². The summed E-state index contributed by atoms with van der Waals surface area (Å²) in [5.41, 5.74) is 2.59. The van der Waals surface area contributed by atoms with E-state index in [4.69, 9.17) is 11.0 Å². The highest BCUT2D eigenvalue weighted by atomic mass is 19.4. The van der Waals surface area contributed by atoms with Crippen LogP contribution in [-0.4, -0.2) is 65.4 Å². The predicted molar refractivity (Wildman–Crippen MR) is 106 cm³/mol. The van der Waals surface area contributed by atoms with Gasteiger partial charge < -0.3 is 15.5 Å². The minimum absolute atomic E-state index is 0.00931. The fraction of sp³-hybridized carbons (Fsp3) is 0.571. The van der Waals surface area contributed by atoms with Gasteiger partial charge in [-0.3, -0.25) is 14.5 Å². The van der Waals surface area contributed by atoms with E-state index in [0.717, 1.165) is 4.90 Å². The summed E-state index contributed by atoms with van der Waals surface area (Å²) in [7, 11) is 0. The monoisotopic (exact) mass is 489 g/mol. The molecule has 7 nitrogen and oxygen atoms in total. The summed E-state index contributed by atoms with van der Waals surface area (Å²) in [5, 5.41) is 9.16. The van der Waals surface area contributed by atoms with Crippen molar-refractivity contribution in [1.29, 1.82) is 5.26 Å². The van der Waals surface area contributed by atoms with Gasteiger partial charge in [-0.1, -0.05) is 0 Å². The van der Waals surface area contributed by atoms with Gasteiger partial charge >= 0.3 is 12.4 Å². The zero-order valence-corrected chi connectivity index (χ0v) is 17.7. The van der Waals surface area contributed by atoms with Gasteiger partial charge in [0.25, 0.3) is 0 Å². The number of nitrogens with two attached hydrogens (primary N) is 1. The van der Waals surface area contributed by atoms with Gasteiger partial charge in [0, 0.05) is 25.3 Å². The van der Waals surface area contributed by atoms with E-state index in [1.807, 2.05) is 6.07 Å². The molecule has 3 fully saturated rings. The third-order valence-electron chi connectivity index (χ3n) is 6.55. The molecule has 1 aromatic carbocycles. The molecule has 184 valence electrons. The molecule has 2 amide bonds. The van der Waals surface area contributed by atoms with Crippen LogP contribution in [-0.2, 0) is 21.9 Å². The Morgan fingerprint density at radius 2 is 1.76 bits per heavy atom. The first kappa shape index (κ1) is 24.3. The second-order valence-electron chi connectivity index (χ2n) is 8.76. The highest BCUT2D eigenvalue weighted by Gasteiger charge is 2.51. The molecule has 2 bridgehead atoms. The third kappa shape index (κ3) is 4.32. The number of nitriles is 1. The average molecular weight is 489 g/mol. The predicted octanol–water partition coefficient (Wildman–Crippen LogP) is 2.36. The molecule has 0 saturated carbocycles. The third-order valence-corrected chi connectivity index (χ3v) is 6.55. The molecule has 1 aromatic rings. The van der Waals surface area contributed by atoms with Gasteiger partial charge in [0.15, 0.2) is 0 Å². The Morgan fingerprint density at radius 1 is 1.15 bits per heavy atom. The number of nitrogens with zero attached hydrogens (tertiary/aromatic N) is 4. The van der Waals surface area contributed by atoms with Crippen molar-refractivity contribution in [2.45, 2.75) is 55.8 Å². The number of rotatable bonds is 4. The molecule has 0 spiro atoms. The lowest BCUT2D eigenvalue weighted by Crippen LogP contribution is -2.56. The largest absolute Gasteiger partial charge is 0.416 e. The van der Waals surface area contributed by atoms with E-state index in [9.17, 15) is 35.9 Å². The number of halogens is 6. The molecule has 0 aliphatic carbocycles. The molecule has 0 aromatic heterocycles. The Bertz CT molecular complexity index is 1000. The van der Waals surface area contributed by atoms with E-state index in [1.165, 1.54) is 4.90 Å². The van der Waals surface area contributed by atoms with Crippen molar-refractivity contribution in [3.8, 4) is 6.07 Å². The Hall–Kier alpha value is -2.85. The van der Waals surface area contributed by atoms with Crippen molar-refractivity contribution in [3.05, 3.63) is 29.3 Å². The summed E-state index contributed by atoms with van der Waals surface area (Å²) in [5.74, 6) is -1.07. The molecular weight excluding hydrogens is 468 g/mol. The molecule has 0 radical (unpaired) electrons. The number of fused-ring (bicyclic) bond motifs is 2. The summed E-state index contributed by atoms with van der Waals surface area (Å²) in [4.78, 5) is 29.6. The maximum Gasteiger partial charge on any atom is 0.416 e. The average Bonchev–Trinajstić information content (AvgIpc) is 3.45. The van der Waals surface area contributed by atoms with Crippen LogP contribution in [0.25, 0.3) is 0 Å². The van der Waals surface area contributed by atoms with Crippen LogP contribution in [0.15, 0.2) is 18.2 Å². The lowest BCUT2D eigenvalue weighted by Gasteiger charge is -2.35.